The van der Waals surface area contributed by atoms with Crippen LogP contribution in [0.25, 0.3) is 0 Å². The Labute approximate surface area is 231 Å². The van der Waals surface area contributed by atoms with Crippen molar-refractivity contribution >= 4 is 17.5 Å². The van der Waals surface area contributed by atoms with Gasteiger partial charge in [0.05, 0.1) is 18.8 Å². The van der Waals surface area contributed by atoms with Crippen molar-refractivity contribution in [1.29, 1.82) is 0 Å². The summed E-state index contributed by atoms with van der Waals surface area (Å²) in [5.41, 5.74) is 2.70. The molecule has 0 bridgehead atoms. The van der Waals surface area contributed by atoms with Gasteiger partial charge in [0.25, 0.3) is 0 Å². The quantitative estimate of drug-likeness (QED) is 0.443. The summed E-state index contributed by atoms with van der Waals surface area (Å²) in [6, 6.07) is 13.1. The van der Waals surface area contributed by atoms with Gasteiger partial charge < -0.3 is 29.7 Å². The second-order valence-corrected chi connectivity index (χ2v) is 10.1. The first-order valence-corrected chi connectivity index (χ1v) is 13.2. The van der Waals surface area contributed by atoms with Gasteiger partial charge in [0.2, 0.25) is 5.91 Å². The first-order valence-electron chi connectivity index (χ1n) is 13.2. The molecule has 11 heteroatoms. The standard InChI is InChI=1S/C29H34F3N3O5/c1-3-13-34(2)17-23-16-25(20-11-9-19(18-36)10-12-20)40-27(39-23)21-6-4-7-22(15-21)33-26(37)24-8-5-14-35(24)28(38)29(30,31)32/h3-4,6-7,9-12,15,23-25,27,36H,1,5,8,13-14,16-18H2,2H3,(H,33,37)/t23-,24+,25+,27+/m1/s1. The Bertz CT molecular complexity index is 1190. The molecule has 2 amide bonds. The highest BCUT2D eigenvalue weighted by Gasteiger charge is 2.47. The van der Waals surface area contributed by atoms with Crippen molar-refractivity contribution in [2.45, 2.75) is 56.6 Å². The molecular weight excluding hydrogens is 527 g/mol. The predicted molar refractivity (Wildman–Crippen MR) is 142 cm³/mol. The largest absolute Gasteiger partial charge is 0.471 e. The maximum atomic E-state index is 13.0. The van der Waals surface area contributed by atoms with Gasteiger partial charge in [-0.15, -0.1) is 6.58 Å². The molecule has 2 fully saturated rings. The number of rotatable bonds is 9. The maximum Gasteiger partial charge on any atom is 0.471 e. The van der Waals surface area contributed by atoms with Crippen LogP contribution in [0.1, 0.15) is 48.3 Å². The van der Waals surface area contributed by atoms with E-state index in [0.29, 0.717) is 42.1 Å². The number of amides is 2. The van der Waals surface area contributed by atoms with E-state index in [0.717, 1.165) is 11.1 Å². The monoisotopic (exact) mass is 561 g/mol. The number of nitrogens with zero attached hydrogens (tertiary/aromatic N) is 2. The van der Waals surface area contributed by atoms with E-state index in [-0.39, 0.29) is 31.8 Å². The maximum absolute atomic E-state index is 13.0. The van der Waals surface area contributed by atoms with Crippen LogP contribution in [0, 0.1) is 0 Å². The Morgan fingerprint density at radius 3 is 2.60 bits per heavy atom. The van der Waals surface area contributed by atoms with Gasteiger partial charge in [0.1, 0.15) is 6.04 Å². The number of ether oxygens (including phenoxy) is 2. The molecule has 216 valence electrons. The number of aliphatic hydroxyl groups excluding tert-OH is 1. The molecule has 4 atom stereocenters. The van der Waals surface area contributed by atoms with Crippen LogP contribution in [-0.4, -0.2) is 71.7 Å². The zero-order valence-electron chi connectivity index (χ0n) is 22.3. The van der Waals surface area contributed by atoms with Crippen LogP contribution in [0.5, 0.6) is 0 Å². The molecule has 8 nitrogen and oxygen atoms in total. The lowest BCUT2D eigenvalue weighted by Gasteiger charge is -2.37. The molecule has 2 N–H and O–H groups in total. The van der Waals surface area contributed by atoms with E-state index >= 15 is 0 Å². The fraction of sp³-hybridized carbons (Fsp3) is 0.448. The van der Waals surface area contributed by atoms with Crippen LogP contribution in [-0.2, 0) is 25.7 Å². The van der Waals surface area contributed by atoms with Crippen molar-refractivity contribution in [3.8, 4) is 0 Å². The number of alkyl halides is 3. The van der Waals surface area contributed by atoms with E-state index in [1.165, 1.54) is 0 Å². The Balaban J connectivity index is 1.51. The summed E-state index contributed by atoms with van der Waals surface area (Å²) < 4.78 is 51.6. The average molecular weight is 562 g/mol. The van der Waals surface area contributed by atoms with Crippen molar-refractivity contribution < 1.29 is 37.3 Å². The minimum atomic E-state index is -5.04. The number of benzene rings is 2. The number of aliphatic hydroxyl groups is 1. The summed E-state index contributed by atoms with van der Waals surface area (Å²) in [7, 11) is 1.96. The summed E-state index contributed by atoms with van der Waals surface area (Å²) in [5, 5.41) is 12.1. The van der Waals surface area contributed by atoms with Crippen LogP contribution in [0.2, 0.25) is 0 Å². The number of halogens is 3. The third kappa shape index (κ3) is 7.28. The zero-order valence-corrected chi connectivity index (χ0v) is 22.3. The highest BCUT2D eigenvalue weighted by atomic mass is 19.4. The Morgan fingerprint density at radius 1 is 1.18 bits per heavy atom. The zero-order chi connectivity index (χ0) is 28.9. The molecule has 2 aliphatic rings. The van der Waals surface area contributed by atoms with E-state index in [1.54, 1.807) is 24.3 Å². The van der Waals surface area contributed by atoms with Crippen molar-refractivity contribution in [3.63, 3.8) is 0 Å². The number of hydrogen-bond donors (Lipinski definition) is 2. The van der Waals surface area contributed by atoms with Gasteiger partial charge >= 0.3 is 12.1 Å². The van der Waals surface area contributed by atoms with Crippen molar-refractivity contribution in [2.75, 3.05) is 32.0 Å². The number of hydrogen-bond acceptors (Lipinski definition) is 6. The molecule has 2 heterocycles. The minimum Gasteiger partial charge on any atom is -0.392 e. The van der Waals surface area contributed by atoms with Crippen LogP contribution in [0.15, 0.2) is 61.2 Å². The first-order chi connectivity index (χ1) is 19.1. The second-order valence-electron chi connectivity index (χ2n) is 10.1. The summed E-state index contributed by atoms with van der Waals surface area (Å²) >= 11 is 0. The van der Waals surface area contributed by atoms with Gasteiger partial charge in [-0.3, -0.25) is 9.59 Å². The lowest BCUT2D eigenvalue weighted by molar-refractivity contribution is -0.252. The summed E-state index contributed by atoms with van der Waals surface area (Å²) in [6.45, 7) is 4.90. The SMILES string of the molecule is C=CCN(C)C[C@H]1C[C@@H](c2ccc(CO)cc2)O[C@@H](c2cccc(NC(=O)[C@@H]3CCCN3C(=O)C(F)(F)F)c2)O1. The highest BCUT2D eigenvalue weighted by molar-refractivity contribution is 5.98. The molecule has 0 aromatic heterocycles. The average Bonchev–Trinajstić information content (AvgIpc) is 3.42. The van der Waals surface area contributed by atoms with Gasteiger partial charge in [-0.2, -0.15) is 13.2 Å². The Morgan fingerprint density at radius 2 is 1.93 bits per heavy atom. The van der Waals surface area contributed by atoms with Crippen LogP contribution in [0.4, 0.5) is 18.9 Å². The summed E-state index contributed by atoms with van der Waals surface area (Å²) in [4.78, 5) is 27.4. The van der Waals surface area contributed by atoms with Crippen molar-refractivity contribution in [1.82, 2.24) is 9.80 Å². The lowest BCUT2D eigenvalue weighted by Crippen LogP contribution is -2.48. The smallest absolute Gasteiger partial charge is 0.392 e. The van der Waals surface area contributed by atoms with E-state index in [9.17, 15) is 27.9 Å². The highest BCUT2D eigenvalue weighted by Crippen LogP contribution is 2.38. The van der Waals surface area contributed by atoms with E-state index < -0.39 is 30.3 Å². The molecule has 0 radical (unpaired) electrons. The molecule has 2 aliphatic heterocycles. The van der Waals surface area contributed by atoms with Crippen LogP contribution < -0.4 is 5.32 Å². The number of carbonyl (C=O) groups excluding carboxylic acids is 2. The Kier molecular flexibility index (Phi) is 9.62. The van der Waals surface area contributed by atoms with Gasteiger partial charge in [-0.1, -0.05) is 42.5 Å². The van der Waals surface area contributed by atoms with Crippen molar-refractivity contribution in [3.05, 3.63) is 77.9 Å². The second kappa shape index (κ2) is 12.9. The third-order valence-electron chi connectivity index (χ3n) is 7.06. The topological polar surface area (TPSA) is 91.3 Å². The molecule has 0 saturated carbocycles. The lowest BCUT2D eigenvalue weighted by atomic mass is 9.99. The van der Waals surface area contributed by atoms with Gasteiger partial charge in [-0.25, -0.2) is 0 Å². The van der Waals surface area contributed by atoms with Crippen LogP contribution >= 0.6 is 0 Å². The molecule has 2 aromatic carbocycles. The number of nitrogens with one attached hydrogen (secondary N) is 1. The van der Waals surface area contributed by atoms with Gasteiger partial charge in [0.15, 0.2) is 6.29 Å². The number of anilines is 1. The fourth-order valence-electron chi connectivity index (χ4n) is 5.11. The molecule has 4 rings (SSSR count). The van der Waals surface area contributed by atoms with E-state index in [4.69, 9.17) is 9.47 Å². The summed E-state index contributed by atoms with van der Waals surface area (Å²) in [6.07, 6.45) is -3.43. The van der Waals surface area contributed by atoms with Crippen molar-refractivity contribution in [2.24, 2.45) is 0 Å². The van der Waals surface area contributed by atoms with E-state index in [2.05, 4.69) is 16.8 Å². The first kappa shape index (κ1) is 29.7. The normalized spacial score (nSPS) is 23.3. The minimum absolute atomic E-state index is 0.0615. The summed E-state index contributed by atoms with van der Waals surface area (Å²) in [5.74, 6) is -2.68. The predicted octanol–water partition coefficient (Wildman–Crippen LogP) is 4.33. The van der Waals surface area contributed by atoms with Gasteiger partial charge in [0, 0.05) is 37.3 Å². The molecule has 40 heavy (non-hydrogen) atoms. The molecular formula is C29H34F3N3O5. The fourth-order valence-corrected chi connectivity index (χ4v) is 5.11. The van der Waals surface area contributed by atoms with E-state index in [1.807, 2.05) is 37.4 Å². The Hall–Kier alpha value is -3.25. The molecule has 2 saturated heterocycles. The van der Waals surface area contributed by atoms with Crippen LogP contribution in [0.3, 0.4) is 0 Å². The number of carbonyl (C=O) groups is 2. The molecule has 0 aliphatic carbocycles. The number of likely N-dealkylation sites (N-methyl/N-ethyl adjacent to an activating group) is 1. The third-order valence-corrected chi connectivity index (χ3v) is 7.06. The molecule has 0 spiro atoms. The van der Waals surface area contributed by atoms with Gasteiger partial charge in [-0.05, 0) is 43.1 Å². The number of likely N-dealkylation sites (tertiary alicyclic amines) is 1. The molecule has 0 unspecified atom stereocenters. The molecule has 2 aromatic rings.